The number of piperidine rings is 1. The highest BCUT2D eigenvalue weighted by atomic mass is 35.5. The largest absolute Gasteiger partial charge is 0.367 e. The van der Waals surface area contributed by atoms with E-state index in [0.717, 1.165) is 61.2 Å². The Morgan fingerprint density at radius 2 is 1.48 bits per heavy atom. The van der Waals surface area contributed by atoms with Crippen molar-refractivity contribution in [2.45, 2.75) is 58.9 Å². The van der Waals surface area contributed by atoms with Crippen molar-refractivity contribution in [2.75, 3.05) is 44.2 Å². The van der Waals surface area contributed by atoms with Crippen molar-refractivity contribution in [3.63, 3.8) is 0 Å². The molecule has 0 radical (unpaired) electrons. The van der Waals surface area contributed by atoms with Gasteiger partial charge < -0.3 is 20.0 Å². The molecule has 2 fully saturated rings. The number of nitrogens with zero attached hydrogens (tertiary/aromatic N) is 3. The molecule has 3 amide bonds. The number of likely N-dealkylation sites (tertiary alicyclic amines) is 1. The number of halogens is 1. The smallest absolute Gasteiger partial charge is 0.255 e. The number of ketones is 1. The molecule has 8 nitrogen and oxygen atoms in total. The number of benzene rings is 3. The third-order valence-electron chi connectivity index (χ3n) is 9.35. The van der Waals surface area contributed by atoms with E-state index in [-0.39, 0.29) is 29.6 Å². The second-order valence-corrected chi connectivity index (χ2v) is 13.2. The predicted octanol–water partition coefficient (Wildman–Crippen LogP) is 6.04. The lowest BCUT2D eigenvalue weighted by Crippen LogP contribution is -2.56. The maximum atomic E-state index is 14.0. The Kier molecular flexibility index (Phi) is 11.7. The lowest BCUT2D eigenvalue weighted by atomic mass is 9.99. The third-order valence-corrected chi connectivity index (χ3v) is 9.60. The normalized spacial score (nSPS) is 16.0. The van der Waals surface area contributed by atoms with Crippen LogP contribution in [-0.4, -0.2) is 78.6 Å². The number of nitrogens with one attached hydrogen (secondary N) is 1. The highest BCUT2D eigenvalue weighted by Gasteiger charge is 2.31. The number of rotatable bonds is 10. The number of allylic oxidation sites excluding steroid dienone is 1. The highest BCUT2D eigenvalue weighted by Crippen LogP contribution is 2.25. The van der Waals surface area contributed by atoms with Crippen molar-refractivity contribution in [3.05, 3.63) is 111 Å². The van der Waals surface area contributed by atoms with Gasteiger partial charge in [-0.05, 0) is 92.6 Å². The van der Waals surface area contributed by atoms with Gasteiger partial charge in [0, 0.05) is 67.5 Å². The summed E-state index contributed by atoms with van der Waals surface area (Å²) < 4.78 is 0. The monoisotopic (exact) mass is 668 g/mol. The number of carbonyl (C=O) groups is 4. The molecule has 0 unspecified atom stereocenters. The molecule has 1 atom stereocenters. The summed E-state index contributed by atoms with van der Waals surface area (Å²) in [5.74, 6) is -0.846. The molecule has 2 aliphatic heterocycles. The van der Waals surface area contributed by atoms with Crippen LogP contribution in [0.1, 0.15) is 70.5 Å². The zero-order chi connectivity index (χ0) is 34.2. The van der Waals surface area contributed by atoms with Gasteiger partial charge in [-0.25, -0.2) is 0 Å². The van der Waals surface area contributed by atoms with Crippen molar-refractivity contribution in [1.82, 2.24) is 15.1 Å². The number of carbonyl (C=O) groups excluding carboxylic acids is 4. The Bertz CT molecular complexity index is 1670. The molecule has 2 aliphatic rings. The predicted molar refractivity (Wildman–Crippen MR) is 191 cm³/mol. The summed E-state index contributed by atoms with van der Waals surface area (Å²) in [5, 5.41) is 3.51. The van der Waals surface area contributed by atoms with Crippen molar-refractivity contribution in [3.8, 4) is 0 Å². The molecule has 2 heterocycles. The molecule has 9 heteroatoms. The number of para-hydroxylation sites is 1. The van der Waals surface area contributed by atoms with E-state index in [2.05, 4.69) is 10.2 Å². The summed E-state index contributed by atoms with van der Waals surface area (Å²) in [5.41, 5.74) is 5.12. The van der Waals surface area contributed by atoms with E-state index < -0.39 is 11.9 Å². The lowest BCUT2D eigenvalue weighted by Gasteiger charge is -2.38. The summed E-state index contributed by atoms with van der Waals surface area (Å²) in [4.78, 5) is 60.0. The minimum absolute atomic E-state index is 0.0599. The van der Waals surface area contributed by atoms with Crippen molar-refractivity contribution in [2.24, 2.45) is 0 Å². The molecule has 48 heavy (non-hydrogen) atoms. The van der Waals surface area contributed by atoms with Crippen molar-refractivity contribution >= 4 is 40.8 Å². The van der Waals surface area contributed by atoms with Gasteiger partial charge in [0.1, 0.15) is 6.04 Å². The van der Waals surface area contributed by atoms with E-state index in [0.29, 0.717) is 42.3 Å². The molecule has 5 rings (SSSR count). The summed E-state index contributed by atoms with van der Waals surface area (Å²) in [6.07, 6.45) is 5.63. The molecule has 1 N–H and O–H groups in total. The lowest BCUT2D eigenvalue weighted by molar-refractivity contribution is -0.136. The van der Waals surface area contributed by atoms with Gasteiger partial charge in [0.2, 0.25) is 11.8 Å². The molecule has 3 aromatic rings. The molecular formula is C39H45ClN4O4. The molecular weight excluding hydrogens is 624 g/mol. The fourth-order valence-electron chi connectivity index (χ4n) is 6.41. The second-order valence-electron chi connectivity index (χ2n) is 12.7. The molecule has 0 saturated carbocycles. The molecule has 252 valence electrons. The Morgan fingerprint density at radius 3 is 2.17 bits per heavy atom. The van der Waals surface area contributed by atoms with Crippen molar-refractivity contribution in [1.29, 1.82) is 0 Å². The Morgan fingerprint density at radius 1 is 0.812 bits per heavy atom. The Balaban J connectivity index is 1.29. The van der Waals surface area contributed by atoms with E-state index in [1.807, 2.05) is 73.3 Å². The zero-order valence-electron chi connectivity index (χ0n) is 28.1. The van der Waals surface area contributed by atoms with E-state index >= 15 is 0 Å². The maximum absolute atomic E-state index is 14.0. The summed E-state index contributed by atoms with van der Waals surface area (Å²) >= 11 is 6.11. The fraction of sp³-hybridized carbons (Fsp3) is 0.385. The number of hydrogen-bond donors (Lipinski definition) is 1. The van der Waals surface area contributed by atoms with Crippen molar-refractivity contribution < 1.29 is 19.2 Å². The molecule has 0 bridgehead atoms. The quantitative estimate of drug-likeness (QED) is 0.210. The van der Waals surface area contributed by atoms with Gasteiger partial charge in [-0.1, -0.05) is 54.9 Å². The Hall–Kier alpha value is -4.43. The van der Waals surface area contributed by atoms with Crippen LogP contribution in [0.15, 0.2) is 78.4 Å². The van der Waals surface area contributed by atoms with Gasteiger partial charge in [-0.2, -0.15) is 0 Å². The number of anilines is 1. The van der Waals surface area contributed by atoms with E-state index in [1.165, 1.54) is 6.08 Å². The average molecular weight is 669 g/mol. The fourth-order valence-corrected chi connectivity index (χ4v) is 6.53. The number of hydrogen-bond acceptors (Lipinski definition) is 5. The first-order valence-electron chi connectivity index (χ1n) is 16.9. The van der Waals surface area contributed by atoms with Gasteiger partial charge in [0.05, 0.1) is 5.56 Å². The van der Waals surface area contributed by atoms with Crippen LogP contribution in [0.2, 0.25) is 5.02 Å². The van der Waals surface area contributed by atoms with Crippen LogP contribution in [0.5, 0.6) is 0 Å². The number of aryl methyl sites for hydroxylation is 2. The van der Waals surface area contributed by atoms with Crippen LogP contribution < -0.4 is 10.2 Å². The van der Waals surface area contributed by atoms with Crippen LogP contribution in [0.25, 0.3) is 0 Å². The van der Waals surface area contributed by atoms with Gasteiger partial charge in [-0.3, -0.25) is 19.2 Å². The molecule has 0 aromatic heterocycles. The first kappa shape index (κ1) is 34.9. The zero-order valence-corrected chi connectivity index (χ0v) is 28.9. The van der Waals surface area contributed by atoms with Gasteiger partial charge in [-0.15, -0.1) is 0 Å². The van der Waals surface area contributed by atoms with Gasteiger partial charge >= 0.3 is 0 Å². The van der Waals surface area contributed by atoms with Crippen LogP contribution in [0, 0.1) is 6.92 Å². The standard InChI is InChI=1S/C39H45ClN4O4/c1-4-29-13-12-27(2)33(25-29)36(45)24-28(3)37(46)41-34(26-30-14-16-31(40)17-15-30)39(48)44-22-20-42(21-23-44)35-11-7-6-10-32(35)38(47)43-18-8-5-9-19-43/h6-7,10-17,24-25,34H,4-5,8-9,18-23,26H2,1-3H3,(H,41,46)/b28-24+/t34-/m1/s1. The minimum Gasteiger partial charge on any atom is -0.367 e. The van der Waals surface area contributed by atoms with Crippen LogP contribution in [0.4, 0.5) is 5.69 Å². The topological polar surface area (TPSA) is 90.0 Å². The second kappa shape index (κ2) is 16.1. The first-order valence-corrected chi connectivity index (χ1v) is 17.3. The first-order chi connectivity index (χ1) is 23.1. The molecule has 2 saturated heterocycles. The van der Waals surface area contributed by atoms with Crippen LogP contribution >= 0.6 is 11.6 Å². The van der Waals surface area contributed by atoms with Gasteiger partial charge in [0.15, 0.2) is 5.78 Å². The van der Waals surface area contributed by atoms with Crippen LogP contribution in [0.3, 0.4) is 0 Å². The molecule has 0 spiro atoms. The van der Waals surface area contributed by atoms with E-state index in [9.17, 15) is 19.2 Å². The van der Waals surface area contributed by atoms with Crippen LogP contribution in [-0.2, 0) is 22.4 Å². The number of piperazine rings is 1. The minimum atomic E-state index is -0.846. The molecule has 0 aliphatic carbocycles. The van der Waals surface area contributed by atoms with Gasteiger partial charge in [0.25, 0.3) is 5.91 Å². The number of amides is 3. The highest BCUT2D eigenvalue weighted by molar-refractivity contribution is 6.30. The van der Waals surface area contributed by atoms with E-state index in [4.69, 9.17) is 11.6 Å². The summed E-state index contributed by atoms with van der Waals surface area (Å²) in [7, 11) is 0. The SMILES string of the molecule is CCc1ccc(C)c(C(=O)/C=C(\C)C(=O)N[C@H](Cc2ccc(Cl)cc2)C(=O)N2CCN(c3ccccc3C(=O)N3CCCCC3)CC2)c1. The maximum Gasteiger partial charge on any atom is 0.255 e. The average Bonchev–Trinajstić information content (AvgIpc) is 3.12. The summed E-state index contributed by atoms with van der Waals surface area (Å²) in [6.45, 7) is 9.06. The summed E-state index contributed by atoms with van der Waals surface area (Å²) in [6, 6.07) is 19.9. The third kappa shape index (κ3) is 8.53. The Labute approximate surface area is 288 Å². The molecule has 3 aromatic carbocycles. The van der Waals surface area contributed by atoms with E-state index in [1.54, 1.807) is 24.0 Å².